The molecule has 0 radical (unpaired) electrons. The Morgan fingerprint density at radius 1 is 0.397 bits per heavy atom. The average Bonchev–Trinajstić information content (AvgIpc) is 3.83. The third-order valence-electron chi connectivity index (χ3n) is 20.4. The van der Waals surface area contributed by atoms with Crippen LogP contribution in [0.1, 0.15) is 180 Å². The summed E-state index contributed by atoms with van der Waals surface area (Å²) in [5.41, 5.74) is 28.2. The van der Waals surface area contributed by atoms with E-state index in [0.29, 0.717) is 0 Å². The van der Waals surface area contributed by atoms with Crippen LogP contribution in [0.15, 0.2) is 120 Å². The van der Waals surface area contributed by atoms with Crippen LogP contribution in [0.3, 0.4) is 0 Å². The fourth-order valence-electron chi connectivity index (χ4n) is 15.6. The largest absolute Gasteiger partial charge is 0.456 e. The van der Waals surface area contributed by atoms with E-state index in [4.69, 9.17) is 4.42 Å². The van der Waals surface area contributed by atoms with Gasteiger partial charge in [-0.2, -0.15) is 0 Å². The topological polar surface area (TPSA) is 19.6 Å². The molecule has 73 heavy (non-hydrogen) atoms. The smallest absolute Gasteiger partial charge is 0.333 e. The number of rotatable bonds is 2. The molecule has 0 fully saturated rings. The molecule has 1 aromatic heterocycles. The van der Waals surface area contributed by atoms with Crippen LogP contribution in [0.25, 0.3) is 44.2 Å². The van der Waals surface area contributed by atoms with E-state index >= 15 is 0 Å². The van der Waals surface area contributed by atoms with Gasteiger partial charge in [0.15, 0.2) is 0 Å². The maximum Gasteiger partial charge on any atom is 0.333 e. The molecule has 4 heteroatoms. The van der Waals surface area contributed by atoms with Crippen LogP contribution in [0.4, 0.5) is 28.4 Å². The van der Waals surface area contributed by atoms with Gasteiger partial charge < -0.3 is 14.1 Å². The Kier molecular flexibility index (Phi) is 8.89. The molecule has 0 saturated heterocycles. The second-order valence-corrected chi connectivity index (χ2v) is 28.1. The van der Waals surface area contributed by atoms with Gasteiger partial charge in [0.2, 0.25) is 0 Å². The van der Waals surface area contributed by atoms with Crippen molar-refractivity contribution in [2.24, 2.45) is 0 Å². The third kappa shape index (κ3) is 6.07. The Hall–Kier alpha value is -6.00. The summed E-state index contributed by atoms with van der Waals surface area (Å²) in [5, 5.41) is 2.34. The number of nitrogens with zero attached hydrogens (tertiary/aromatic N) is 2. The normalized spacial score (nSPS) is 21.1. The number of para-hydroxylation sites is 1. The first-order chi connectivity index (χ1) is 34.4. The van der Waals surface area contributed by atoms with Gasteiger partial charge >= 0.3 is 6.85 Å². The summed E-state index contributed by atoms with van der Waals surface area (Å²) in [6.45, 7) is 34.6. The van der Waals surface area contributed by atoms with Crippen molar-refractivity contribution < 1.29 is 4.42 Å². The van der Waals surface area contributed by atoms with Gasteiger partial charge in [0.25, 0.3) is 0 Å². The second kappa shape index (κ2) is 14.2. The molecule has 0 amide bonds. The van der Waals surface area contributed by atoms with Crippen LogP contribution in [0.2, 0.25) is 0 Å². The highest BCUT2D eigenvalue weighted by Gasteiger charge is 2.52. The van der Waals surface area contributed by atoms with Gasteiger partial charge in [0.05, 0.1) is 0 Å². The zero-order chi connectivity index (χ0) is 50.9. The maximum atomic E-state index is 6.94. The third-order valence-corrected chi connectivity index (χ3v) is 20.4. The lowest BCUT2D eigenvalue weighted by Gasteiger charge is -2.50. The quantitative estimate of drug-likeness (QED) is 0.161. The van der Waals surface area contributed by atoms with Crippen molar-refractivity contribution in [3.05, 3.63) is 160 Å². The van der Waals surface area contributed by atoms with Crippen molar-refractivity contribution in [3.63, 3.8) is 0 Å². The number of benzene rings is 7. The fourth-order valence-corrected chi connectivity index (χ4v) is 15.6. The summed E-state index contributed by atoms with van der Waals surface area (Å²) in [6.07, 6.45) is 7.02. The molecule has 14 rings (SSSR count). The Balaban J connectivity index is 1.18. The number of hydrogen-bond acceptors (Lipinski definition) is 3. The molecule has 6 aliphatic rings. The van der Waals surface area contributed by atoms with E-state index in [2.05, 4.69) is 222 Å². The Morgan fingerprint density at radius 3 is 1.58 bits per heavy atom. The van der Waals surface area contributed by atoms with Crippen LogP contribution in [0, 0.1) is 0 Å². The zero-order valence-corrected chi connectivity index (χ0v) is 46.1. The molecule has 0 spiro atoms. The fraction of sp³-hybridized carbons (Fsp3) is 0.391. The summed E-state index contributed by atoms with van der Waals surface area (Å²) in [6, 6.07) is 46.2. The lowest BCUT2D eigenvalue weighted by Crippen LogP contribution is -2.62. The van der Waals surface area contributed by atoms with Crippen molar-refractivity contribution in [3.8, 4) is 22.3 Å². The van der Waals surface area contributed by atoms with E-state index in [-0.39, 0.29) is 44.8 Å². The van der Waals surface area contributed by atoms with Gasteiger partial charge in [-0.1, -0.05) is 158 Å². The highest BCUT2D eigenvalue weighted by atomic mass is 16.3. The van der Waals surface area contributed by atoms with Crippen molar-refractivity contribution >= 4 is 68.1 Å². The van der Waals surface area contributed by atoms with Gasteiger partial charge in [0.1, 0.15) is 11.2 Å². The number of anilines is 5. The molecule has 8 aromatic rings. The van der Waals surface area contributed by atoms with Crippen molar-refractivity contribution in [1.82, 2.24) is 0 Å². The van der Waals surface area contributed by atoms with Crippen LogP contribution in [0.5, 0.6) is 0 Å². The summed E-state index contributed by atoms with van der Waals surface area (Å²) >= 11 is 0. The van der Waals surface area contributed by atoms with Gasteiger partial charge in [-0.05, 0) is 192 Å². The predicted molar refractivity (Wildman–Crippen MR) is 311 cm³/mol. The molecule has 0 saturated carbocycles. The van der Waals surface area contributed by atoms with Crippen LogP contribution in [-0.4, -0.2) is 6.85 Å². The van der Waals surface area contributed by atoms with Gasteiger partial charge in [-0.3, -0.25) is 0 Å². The van der Waals surface area contributed by atoms with E-state index < -0.39 is 0 Å². The summed E-state index contributed by atoms with van der Waals surface area (Å²) in [5.74, 6) is 0. The first-order valence-corrected chi connectivity index (χ1v) is 27.8. The predicted octanol–water partition coefficient (Wildman–Crippen LogP) is 17.6. The maximum absolute atomic E-state index is 6.94. The average molecular weight is 957 g/mol. The molecule has 0 bridgehead atoms. The van der Waals surface area contributed by atoms with Gasteiger partial charge in [-0.25, -0.2) is 0 Å². The van der Waals surface area contributed by atoms with Gasteiger partial charge in [-0.15, -0.1) is 0 Å². The van der Waals surface area contributed by atoms with Crippen molar-refractivity contribution in [2.45, 2.75) is 173 Å². The molecule has 4 aliphatic carbocycles. The Labute approximate surface area is 435 Å². The minimum Gasteiger partial charge on any atom is -0.456 e. The van der Waals surface area contributed by atoms with E-state index in [9.17, 15) is 0 Å². The minimum atomic E-state index is -0.260. The molecule has 368 valence electrons. The molecular formula is C69H73BN2O. The molecule has 7 aromatic carbocycles. The van der Waals surface area contributed by atoms with Crippen LogP contribution < -0.4 is 20.6 Å². The number of furan rings is 1. The van der Waals surface area contributed by atoms with Crippen molar-refractivity contribution in [1.29, 1.82) is 0 Å². The molecular weight excluding hydrogens is 884 g/mol. The monoisotopic (exact) mass is 957 g/mol. The van der Waals surface area contributed by atoms with Gasteiger partial charge in [0, 0.05) is 56.3 Å². The number of hydrogen-bond donors (Lipinski definition) is 0. The molecule has 0 N–H and O–H groups in total. The minimum absolute atomic E-state index is 0.0100. The molecule has 3 heterocycles. The van der Waals surface area contributed by atoms with E-state index in [1.165, 1.54) is 136 Å². The van der Waals surface area contributed by atoms with Crippen molar-refractivity contribution in [2.75, 3.05) is 9.71 Å². The lowest BCUT2D eigenvalue weighted by atomic mass is 9.42. The molecule has 0 atom stereocenters. The Morgan fingerprint density at radius 2 is 0.932 bits per heavy atom. The lowest BCUT2D eigenvalue weighted by molar-refractivity contribution is 0.332. The standard InChI is InChI=1S/C69H73BN2O/c1-63(2)27-29-65(5,6)50-33-40(23-25-48(50)63)71-56-38-53-52(67(9,10)31-32-68(53,11)12)37-54(56)70-62-57(71)36-45-42-19-15-17-21-47(42)69(13,14)61(45)60(62)46-35-44-43-20-16-18-22-58(43)73-59(44)39-55(46)72(70)41-24-26-49-51(34-41)66(7,8)30-28-64(49,3)4/h15-26,33-39H,27-32H2,1-14H3. The zero-order valence-electron chi connectivity index (χ0n) is 46.1. The first kappa shape index (κ1) is 45.6. The summed E-state index contributed by atoms with van der Waals surface area (Å²) < 4.78 is 6.94. The molecule has 2 aliphatic heterocycles. The van der Waals surface area contributed by atoms with E-state index in [0.717, 1.165) is 30.4 Å². The van der Waals surface area contributed by atoms with Crippen LogP contribution in [-0.2, 0) is 37.9 Å². The highest BCUT2D eigenvalue weighted by molar-refractivity contribution is 6.93. The van der Waals surface area contributed by atoms with Crippen LogP contribution >= 0.6 is 0 Å². The number of fused-ring (bicyclic) bond motifs is 14. The highest BCUT2D eigenvalue weighted by Crippen LogP contribution is 2.60. The Bertz CT molecular complexity index is 3760. The summed E-state index contributed by atoms with van der Waals surface area (Å²) in [4.78, 5) is 5.54. The molecule has 3 nitrogen and oxygen atoms in total. The SMILES string of the molecule is CC1(C)CCC(C)(C)c2cc(N3B4c5cc6c(cc5N(c5ccc7c(c5)C(C)(C)CCC7(C)C)c5cc7c(c(c54)-c4cc5c(cc43)oc3ccccc35)C(C)(C)c3ccccc3-7)C(C)(C)CCC6(C)C)ccc21. The molecule has 0 unspecified atom stereocenters. The van der Waals surface area contributed by atoms with E-state index in [1.54, 1.807) is 0 Å². The first-order valence-electron chi connectivity index (χ1n) is 27.8. The summed E-state index contributed by atoms with van der Waals surface area (Å²) in [7, 11) is 0. The van der Waals surface area contributed by atoms with E-state index in [1.807, 2.05) is 0 Å². The second-order valence-electron chi connectivity index (χ2n) is 28.1.